The molecule has 150 valence electrons. The van der Waals surface area contributed by atoms with E-state index in [4.69, 9.17) is 18.9 Å². The van der Waals surface area contributed by atoms with Gasteiger partial charge in [0, 0.05) is 25.3 Å². The molecule has 0 spiro atoms. The van der Waals surface area contributed by atoms with Crippen molar-refractivity contribution in [1.29, 1.82) is 0 Å². The number of ether oxygens (including phenoxy) is 4. The maximum atomic E-state index is 9.82. The standard InChI is InChI=1S/C11H16O3.C10H14O3/c1-8-4-9(6-13-2)11(12)10(5-8)7-14-3;1-6-5-8(12-3)9(11)10(13-4)7(6)2/h4-5,12H,6-7H2,1-3H3;5,11H,1-4H3. The van der Waals surface area contributed by atoms with Gasteiger partial charge in [0.25, 0.3) is 0 Å². The van der Waals surface area contributed by atoms with Crippen LogP contribution in [0.1, 0.15) is 27.8 Å². The number of hydrogen-bond donors (Lipinski definition) is 2. The van der Waals surface area contributed by atoms with Crippen LogP contribution < -0.4 is 9.47 Å². The third-order valence-electron chi connectivity index (χ3n) is 4.16. The van der Waals surface area contributed by atoms with Gasteiger partial charge < -0.3 is 29.2 Å². The Bertz CT molecular complexity index is 728. The third kappa shape index (κ3) is 5.77. The number of aryl methyl sites for hydroxylation is 2. The van der Waals surface area contributed by atoms with E-state index in [1.807, 2.05) is 32.9 Å². The summed E-state index contributed by atoms with van der Waals surface area (Å²) in [4.78, 5) is 0. The lowest BCUT2D eigenvalue weighted by Gasteiger charge is -2.12. The Kier molecular flexibility index (Phi) is 8.91. The number of hydrogen-bond acceptors (Lipinski definition) is 6. The van der Waals surface area contributed by atoms with Crippen molar-refractivity contribution in [2.24, 2.45) is 0 Å². The number of aromatic hydroxyl groups is 2. The van der Waals surface area contributed by atoms with Gasteiger partial charge in [0.15, 0.2) is 11.5 Å². The Hall–Kier alpha value is -2.44. The van der Waals surface area contributed by atoms with E-state index in [0.29, 0.717) is 24.7 Å². The molecule has 0 saturated heterocycles. The Labute approximate surface area is 161 Å². The maximum Gasteiger partial charge on any atom is 0.201 e. The van der Waals surface area contributed by atoms with Crippen LogP contribution in [0.3, 0.4) is 0 Å². The van der Waals surface area contributed by atoms with E-state index >= 15 is 0 Å². The minimum absolute atomic E-state index is 0.0631. The molecule has 0 aromatic heterocycles. The lowest BCUT2D eigenvalue weighted by Crippen LogP contribution is -1.96. The highest BCUT2D eigenvalue weighted by Gasteiger charge is 2.13. The summed E-state index contributed by atoms with van der Waals surface area (Å²) in [6.45, 7) is 6.67. The normalized spacial score (nSPS) is 10.2. The molecule has 0 aliphatic rings. The van der Waals surface area contributed by atoms with Crippen LogP contribution in [-0.2, 0) is 22.7 Å². The topological polar surface area (TPSA) is 77.4 Å². The van der Waals surface area contributed by atoms with E-state index in [-0.39, 0.29) is 11.5 Å². The van der Waals surface area contributed by atoms with Crippen molar-refractivity contribution in [3.63, 3.8) is 0 Å². The van der Waals surface area contributed by atoms with Gasteiger partial charge >= 0.3 is 0 Å². The maximum absolute atomic E-state index is 9.82. The zero-order valence-corrected chi connectivity index (χ0v) is 17.2. The number of rotatable bonds is 6. The highest BCUT2D eigenvalue weighted by molar-refractivity contribution is 5.57. The van der Waals surface area contributed by atoms with Crippen LogP contribution in [0.2, 0.25) is 0 Å². The fourth-order valence-corrected chi connectivity index (χ4v) is 2.71. The summed E-state index contributed by atoms with van der Waals surface area (Å²) < 4.78 is 20.1. The molecule has 0 aliphatic carbocycles. The second-order valence-electron chi connectivity index (χ2n) is 6.20. The van der Waals surface area contributed by atoms with Crippen LogP contribution in [-0.4, -0.2) is 38.7 Å². The molecule has 0 saturated carbocycles. The van der Waals surface area contributed by atoms with Gasteiger partial charge in [0.05, 0.1) is 27.4 Å². The quantitative estimate of drug-likeness (QED) is 0.791. The Morgan fingerprint density at radius 3 is 1.67 bits per heavy atom. The van der Waals surface area contributed by atoms with Crippen molar-refractivity contribution in [2.45, 2.75) is 34.0 Å². The molecule has 0 heterocycles. The Morgan fingerprint density at radius 2 is 1.26 bits per heavy atom. The molecule has 2 N–H and O–H groups in total. The number of methoxy groups -OCH3 is 4. The number of phenolic OH excluding ortho intramolecular Hbond substituents is 2. The van der Waals surface area contributed by atoms with E-state index in [1.165, 1.54) is 14.2 Å². The van der Waals surface area contributed by atoms with Gasteiger partial charge in [-0.15, -0.1) is 0 Å². The van der Waals surface area contributed by atoms with E-state index in [1.54, 1.807) is 20.3 Å². The molecule has 0 radical (unpaired) electrons. The average Bonchev–Trinajstić information content (AvgIpc) is 2.63. The van der Waals surface area contributed by atoms with E-state index < -0.39 is 0 Å². The molecule has 0 fully saturated rings. The van der Waals surface area contributed by atoms with Gasteiger partial charge in [-0.25, -0.2) is 0 Å². The van der Waals surface area contributed by atoms with Gasteiger partial charge in [-0.3, -0.25) is 0 Å². The molecule has 6 heteroatoms. The highest BCUT2D eigenvalue weighted by atomic mass is 16.5. The molecule has 2 rings (SSSR count). The number of benzene rings is 2. The molecule has 0 bridgehead atoms. The summed E-state index contributed by atoms with van der Waals surface area (Å²) >= 11 is 0. The summed E-state index contributed by atoms with van der Waals surface area (Å²) in [5, 5.41) is 19.5. The highest BCUT2D eigenvalue weighted by Crippen LogP contribution is 2.40. The largest absolute Gasteiger partial charge is 0.507 e. The van der Waals surface area contributed by atoms with Crippen LogP contribution in [0.15, 0.2) is 18.2 Å². The van der Waals surface area contributed by atoms with Crippen molar-refractivity contribution in [3.8, 4) is 23.0 Å². The average molecular weight is 378 g/mol. The molecule has 6 nitrogen and oxygen atoms in total. The summed E-state index contributed by atoms with van der Waals surface area (Å²) in [6, 6.07) is 5.61. The molecule has 0 atom stereocenters. The molecule has 0 unspecified atom stereocenters. The molecule has 27 heavy (non-hydrogen) atoms. The van der Waals surface area contributed by atoms with Crippen LogP contribution >= 0.6 is 0 Å². The first-order chi connectivity index (χ1) is 12.8. The summed E-state index contributed by atoms with van der Waals surface area (Å²) in [5.41, 5.74) is 4.67. The second kappa shape index (κ2) is 10.6. The zero-order valence-electron chi connectivity index (χ0n) is 17.2. The first kappa shape index (κ1) is 22.6. The molecular weight excluding hydrogens is 348 g/mol. The molecule has 0 amide bonds. The van der Waals surface area contributed by atoms with Crippen LogP contribution in [0.5, 0.6) is 23.0 Å². The Balaban J connectivity index is 0.000000271. The SMILES string of the molecule is COCc1cc(C)cc(COC)c1O.COc1cc(C)c(C)c(OC)c1O. The lowest BCUT2D eigenvalue weighted by atomic mass is 10.1. The monoisotopic (exact) mass is 378 g/mol. The second-order valence-corrected chi connectivity index (χ2v) is 6.20. The predicted octanol–water partition coefficient (Wildman–Crippen LogP) is 4.02. The van der Waals surface area contributed by atoms with Crippen molar-refractivity contribution < 1.29 is 29.2 Å². The van der Waals surface area contributed by atoms with Crippen LogP contribution in [0, 0.1) is 20.8 Å². The fraction of sp³-hybridized carbons (Fsp3) is 0.429. The van der Waals surface area contributed by atoms with Gasteiger partial charge in [-0.05, 0) is 38.0 Å². The summed E-state index contributed by atoms with van der Waals surface area (Å²) in [5.74, 6) is 1.27. The molecule has 0 aliphatic heterocycles. The first-order valence-corrected chi connectivity index (χ1v) is 8.50. The molecular formula is C21H30O6. The van der Waals surface area contributed by atoms with Crippen molar-refractivity contribution in [1.82, 2.24) is 0 Å². The zero-order chi connectivity index (χ0) is 20.6. The van der Waals surface area contributed by atoms with Crippen LogP contribution in [0.4, 0.5) is 0 Å². The van der Waals surface area contributed by atoms with Crippen molar-refractivity contribution in [3.05, 3.63) is 46.0 Å². The summed E-state index contributed by atoms with van der Waals surface area (Å²) in [6.07, 6.45) is 0. The smallest absolute Gasteiger partial charge is 0.201 e. The van der Waals surface area contributed by atoms with Crippen molar-refractivity contribution >= 4 is 0 Å². The third-order valence-corrected chi connectivity index (χ3v) is 4.16. The van der Waals surface area contributed by atoms with Crippen LogP contribution in [0.25, 0.3) is 0 Å². The van der Waals surface area contributed by atoms with E-state index in [2.05, 4.69) is 0 Å². The Morgan fingerprint density at radius 1 is 0.741 bits per heavy atom. The van der Waals surface area contributed by atoms with E-state index in [0.717, 1.165) is 27.8 Å². The minimum atomic E-state index is 0.0631. The number of phenols is 2. The van der Waals surface area contributed by atoms with Gasteiger partial charge in [0.1, 0.15) is 5.75 Å². The van der Waals surface area contributed by atoms with Crippen molar-refractivity contribution in [2.75, 3.05) is 28.4 Å². The lowest BCUT2D eigenvalue weighted by molar-refractivity contribution is 0.174. The van der Waals surface area contributed by atoms with Gasteiger partial charge in [0.2, 0.25) is 5.75 Å². The summed E-state index contributed by atoms with van der Waals surface area (Å²) in [7, 11) is 6.26. The van der Waals surface area contributed by atoms with E-state index in [9.17, 15) is 10.2 Å². The fourth-order valence-electron chi connectivity index (χ4n) is 2.71. The first-order valence-electron chi connectivity index (χ1n) is 8.50. The predicted molar refractivity (Wildman–Crippen MR) is 105 cm³/mol. The van der Waals surface area contributed by atoms with Gasteiger partial charge in [-0.1, -0.05) is 17.7 Å². The molecule has 2 aromatic rings. The van der Waals surface area contributed by atoms with Gasteiger partial charge in [-0.2, -0.15) is 0 Å². The minimum Gasteiger partial charge on any atom is -0.507 e. The molecule has 2 aromatic carbocycles.